The SMILES string of the molecule is CC1Cc2ccccc2N1C(=O)C1CC(=O)N(Cc2ccc(Cl)cc2)C1. The zero-order valence-corrected chi connectivity index (χ0v) is 15.4. The van der Waals surface area contributed by atoms with Gasteiger partial charge >= 0.3 is 0 Å². The van der Waals surface area contributed by atoms with Gasteiger partial charge in [-0.2, -0.15) is 0 Å². The van der Waals surface area contributed by atoms with Gasteiger partial charge in [-0.15, -0.1) is 0 Å². The van der Waals surface area contributed by atoms with Crippen molar-refractivity contribution in [2.45, 2.75) is 32.4 Å². The molecule has 2 amide bonds. The van der Waals surface area contributed by atoms with E-state index in [4.69, 9.17) is 11.6 Å². The summed E-state index contributed by atoms with van der Waals surface area (Å²) in [6.07, 6.45) is 1.16. The molecule has 2 aliphatic heterocycles. The molecule has 26 heavy (non-hydrogen) atoms. The standard InChI is InChI=1S/C21H21ClN2O2/c1-14-10-16-4-2-3-5-19(16)24(14)21(26)17-11-20(25)23(13-17)12-15-6-8-18(22)9-7-15/h2-9,14,17H,10-13H2,1H3. The fourth-order valence-electron chi connectivity index (χ4n) is 4.00. The molecular formula is C21H21ClN2O2. The van der Waals surface area contributed by atoms with Crippen LogP contribution in [-0.4, -0.2) is 29.3 Å². The van der Waals surface area contributed by atoms with E-state index in [0.29, 0.717) is 18.1 Å². The van der Waals surface area contributed by atoms with Crippen LogP contribution in [0.1, 0.15) is 24.5 Å². The number of amides is 2. The first-order chi connectivity index (χ1) is 12.5. The first-order valence-corrected chi connectivity index (χ1v) is 9.34. The summed E-state index contributed by atoms with van der Waals surface area (Å²) < 4.78 is 0. The molecule has 0 N–H and O–H groups in total. The normalized spacial score (nSPS) is 22.0. The van der Waals surface area contributed by atoms with Crippen LogP contribution in [0.5, 0.6) is 0 Å². The first-order valence-electron chi connectivity index (χ1n) is 8.96. The minimum absolute atomic E-state index is 0.0402. The second-order valence-corrected chi connectivity index (χ2v) is 7.63. The topological polar surface area (TPSA) is 40.6 Å². The van der Waals surface area contributed by atoms with Crippen LogP contribution in [0, 0.1) is 5.92 Å². The number of benzene rings is 2. The number of carbonyl (C=O) groups is 2. The van der Waals surface area contributed by atoms with Gasteiger partial charge in [0.25, 0.3) is 0 Å². The molecule has 2 unspecified atom stereocenters. The number of nitrogens with zero attached hydrogens (tertiary/aromatic N) is 2. The number of likely N-dealkylation sites (tertiary alicyclic amines) is 1. The van der Waals surface area contributed by atoms with Crippen LogP contribution in [0.15, 0.2) is 48.5 Å². The Morgan fingerprint density at radius 1 is 1.12 bits per heavy atom. The maximum atomic E-state index is 13.1. The predicted octanol–water partition coefficient (Wildman–Crippen LogP) is 3.67. The van der Waals surface area contributed by atoms with E-state index in [1.165, 1.54) is 5.56 Å². The fraction of sp³-hybridized carbons (Fsp3) is 0.333. The van der Waals surface area contributed by atoms with Gasteiger partial charge in [-0.1, -0.05) is 41.9 Å². The highest BCUT2D eigenvalue weighted by molar-refractivity contribution is 6.30. The monoisotopic (exact) mass is 368 g/mol. The van der Waals surface area contributed by atoms with Gasteiger partial charge < -0.3 is 9.80 Å². The Morgan fingerprint density at radius 3 is 2.62 bits per heavy atom. The van der Waals surface area contributed by atoms with Gasteiger partial charge in [-0.05, 0) is 42.7 Å². The highest BCUT2D eigenvalue weighted by Crippen LogP contribution is 2.34. The van der Waals surface area contributed by atoms with Crippen molar-refractivity contribution in [3.05, 3.63) is 64.7 Å². The molecule has 0 aliphatic carbocycles. The first kappa shape index (κ1) is 17.1. The molecule has 0 bridgehead atoms. The Kier molecular flexibility index (Phi) is 4.45. The van der Waals surface area contributed by atoms with Gasteiger partial charge in [0.15, 0.2) is 0 Å². The van der Waals surface area contributed by atoms with Gasteiger partial charge in [-0.25, -0.2) is 0 Å². The number of anilines is 1. The van der Waals surface area contributed by atoms with Gasteiger partial charge in [0.05, 0.1) is 5.92 Å². The highest BCUT2D eigenvalue weighted by atomic mass is 35.5. The van der Waals surface area contributed by atoms with Crippen LogP contribution in [0.25, 0.3) is 0 Å². The van der Waals surface area contributed by atoms with E-state index < -0.39 is 0 Å². The van der Waals surface area contributed by atoms with Crippen molar-refractivity contribution >= 4 is 29.1 Å². The number of halogens is 1. The summed E-state index contributed by atoms with van der Waals surface area (Å²) in [4.78, 5) is 29.2. The van der Waals surface area contributed by atoms with E-state index in [9.17, 15) is 9.59 Å². The third-order valence-electron chi connectivity index (χ3n) is 5.30. The number of rotatable bonds is 3. The summed E-state index contributed by atoms with van der Waals surface area (Å²) in [5, 5.41) is 0.677. The maximum absolute atomic E-state index is 13.1. The summed E-state index contributed by atoms with van der Waals surface area (Å²) in [7, 11) is 0. The molecule has 2 aromatic rings. The number of para-hydroxylation sites is 1. The van der Waals surface area contributed by atoms with E-state index in [1.807, 2.05) is 47.4 Å². The zero-order chi connectivity index (χ0) is 18.3. The molecule has 0 aromatic heterocycles. The van der Waals surface area contributed by atoms with E-state index in [0.717, 1.165) is 17.7 Å². The maximum Gasteiger partial charge on any atom is 0.232 e. The molecule has 2 atom stereocenters. The second kappa shape index (κ2) is 6.76. The molecule has 0 saturated carbocycles. The lowest BCUT2D eigenvalue weighted by Crippen LogP contribution is -2.41. The minimum atomic E-state index is -0.275. The molecule has 1 saturated heterocycles. The van der Waals surface area contributed by atoms with Crippen LogP contribution in [-0.2, 0) is 22.6 Å². The molecule has 1 fully saturated rings. The Bertz CT molecular complexity index is 849. The van der Waals surface area contributed by atoms with Crippen LogP contribution in [0.4, 0.5) is 5.69 Å². The summed E-state index contributed by atoms with van der Waals surface area (Å²) in [6.45, 7) is 3.07. The second-order valence-electron chi connectivity index (χ2n) is 7.19. The van der Waals surface area contributed by atoms with Crippen molar-refractivity contribution in [1.29, 1.82) is 0 Å². The van der Waals surface area contributed by atoms with E-state index >= 15 is 0 Å². The average Bonchev–Trinajstić information content (AvgIpc) is 3.16. The molecule has 2 aliphatic rings. The van der Waals surface area contributed by atoms with Gasteiger partial charge in [0.2, 0.25) is 11.8 Å². The Morgan fingerprint density at radius 2 is 1.85 bits per heavy atom. The molecule has 2 heterocycles. The smallest absolute Gasteiger partial charge is 0.232 e. The van der Waals surface area contributed by atoms with Crippen molar-refractivity contribution in [3.63, 3.8) is 0 Å². The zero-order valence-electron chi connectivity index (χ0n) is 14.7. The molecule has 5 heteroatoms. The summed E-state index contributed by atoms with van der Waals surface area (Å²) in [6, 6.07) is 15.7. The number of carbonyl (C=O) groups excluding carboxylic acids is 2. The molecule has 0 spiro atoms. The van der Waals surface area contributed by atoms with Crippen LogP contribution in [0.3, 0.4) is 0 Å². The quantitative estimate of drug-likeness (QED) is 0.829. The lowest BCUT2D eigenvalue weighted by atomic mass is 10.1. The van der Waals surface area contributed by atoms with Crippen molar-refractivity contribution < 1.29 is 9.59 Å². The van der Waals surface area contributed by atoms with Crippen molar-refractivity contribution in [3.8, 4) is 0 Å². The summed E-state index contributed by atoms with van der Waals surface area (Å²) >= 11 is 5.92. The minimum Gasteiger partial charge on any atom is -0.338 e. The van der Waals surface area contributed by atoms with E-state index in [-0.39, 0.29) is 30.2 Å². The van der Waals surface area contributed by atoms with Crippen molar-refractivity contribution in [2.24, 2.45) is 5.92 Å². The molecule has 4 rings (SSSR count). The average molecular weight is 369 g/mol. The Balaban J connectivity index is 1.48. The van der Waals surface area contributed by atoms with Crippen LogP contribution >= 0.6 is 11.6 Å². The van der Waals surface area contributed by atoms with Crippen molar-refractivity contribution in [2.75, 3.05) is 11.4 Å². The Hall–Kier alpha value is -2.33. The van der Waals surface area contributed by atoms with Crippen LogP contribution in [0.2, 0.25) is 5.02 Å². The third kappa shape index (κ3) is 3.10. The lowest BCUT2D eigenvalue weighted by Gasteiger charge is -2.26. The van der Waals surface area contributed by atoms with Gasteiger partial charge in [0, 0.05) is 36.3 Å². The molecule has 0 radical (unpaired) electrons. The molecule has 2 aromatic carbocycles. The largest absolute Gasteiger partial charge is 0.338 e. The van der Waals surface area contributed by atoms with E-state index in [1.54, 1.807) is 4.90 Å². The van der Waals surface area contributed by atoms with Crippen molar-refractivity contribution in [1.82, 2.24) is 4.90 Å². The Labute approximate surface area is 158 Å². The molecular weight excluding hydrogens is 348 g/mol. The predicted molar refractivity (Wildman–Crippen MR) is 102 cm³/mol. The van der Waals surface area contributed by atoms with Gasteiger partial charge in [0.1, 0.15) is 0 Å². The number of hydrogen-bond acceptors (Lipinski definition) is 2. The van der Waals surface area contributed by atoms with E-state index in [2.05, 4.69) is 13.0 Å². The number of fused-ring (bicyclic) bond motifs is 1. The molecule has 4 nitrogen and oxygen atoms in total. The highest BCUT2D eigenvalue weighted by Gasteiger charge is 2.40. The molecule has 134 valence electrons. The summed E-state index contributed by atoms with van der Waals surface area (Å²) in [5.74, 6) is -0.170. The fourth-order valence-corrected chi connectivity index (χ4v) is 4.12. The van der Waals surface area contributed by atoms with Crippen LogP contribution < -0.4 is 4.90 Å². The third-order valence-corrected chi connectivity index (χ3v) is 5.55. The lowest BCUT2D eigenvalue weighted by molar-refractivity contribution is -0.129. The summed E-state index contributed by atoms with van der Waals surface area (Å²) in [5.41, 5.74) is 3.22. The van der Waals surface area contributed by atoms with Gasteiger partial charge in [-0.3, -0.25) is 9.59 Å². The number of hydrogen-bond donors (Lipinski definition) is 0.